The Kier molecular flexibility index (Phi) is 5.64. The van der Waals surface area contributed by atoms with E-state index in [-0.39, 0.29) is 22.3 Å². The van der Waals surface area contributed by atoms with Crippen LogP contribution in [0.1, 0.15) is 50.0 Å². The summed E-state index contributed by atoms with van der Waals surface area (Å²) in [4.78, 5) is 13.7. The summed E-state index contributed by atoms with van der Waals surface area (Å²) in [5, 5.41) is -0.152. The molecule has 0 aliphatic rings. The van der Waals surface area contributed by atoms with Crippen LogP contribution in [-0.4, -0.2) is 11.0 Å². The first kappa shape index (κ1) is 17.7. The predicted molar refractivity (Wildman–Crippen MR) is 95.8 cm³/mol. The Morgan fingerprint density at radius 2 is 1.61 bits per heavy atom. The van der Waals surface area contributed by atoms with Gasteiger partial charge in [0.05, 0.1) is 5.25 Å². The predicted octanol–water partition coefficient (Wildman–Crippen LogP) is 5.88. The minimum absolute atomic E-state index is 0.0531. The zero-order valence-corrected chi connectivity index (χ0v) is 14.9. The molecule has 2 aromatic rings. The maximum absolute atomic E-state index is 13.0. The first-order valence-corrected chi connectivity index (χ1v) is 8.76. The van der Waals surface area contributed by atoms with Gasteiger partial charge >= 0.3 is 0 Å². The topological polar surface area (TPSA) is 17.1 Å². The number of rotatable bonds is 5. The van der Waals surface area contributed by atoms with E-state index in [0.717, 1.165) is 11.3 Å². The van der Waals surface area contributed by atoms with Gasteiger partial charge in [0.2, 0.25) is 0 Å². The highest BCUT2D eigenvalue weighted by Gasteiger charge is 2.20. The van der Waals surface area contributed by atoms with Gasteiger partial charge in [-0.25, -0.2) is 4.39 Å². The standard InChI is InChI=1S/C20H23FOS/c1-5-18(19(22)14-6-10-16(21)11-7-14)23-17-12-8-15(9-13-17)20(2,3)4/h6-13,18H,5H2,1-4H3. The molecule has 0 radical (unpaired) electrons. The molecule has 1 unspecified atom stereocenters. The lowest BCUT2D eigenvalue weighted by atomic mass is 9.87. The van der Waals surface area contributed by atoms with E-state index in [1.165, 1.54) is 17.7 Å². The minimum atomic E-state index is -0.319. The number of carbonyl (C=O) groups excluding carboxylic acids is 1. The van der Waals surface area contributed by atoms with E-state index in [0.29, 0.717) is 5.56 Å². The normalized spacial score (nSPS) is 12.9. The van der Waals surface area contributed by atoms with Crippen LogP contribution < -0.4 is 0 Å². The van der Waals surface area contributed by atoms with Crippen molar-refractivity contribution in [2.45, 2.75) is 49.7 Å². The fourth-order valence-corrected chi connectivity index (χ4v) is 3.35. The van der Waals surface area contributed by atoms with Gasteiger partial charge in [0.15, 0.2) is 5.78 Å². The van der Waals surface area contributed by atoms with Crippen LogP contribution in [0.15, 0.2) is 53.4 Å². The second-order valence-electron chi connectivity index (χ2n) is 6.66. The van der Waals surface area contributed by atoms with Crippen LogP contribution in [0.5, 0.6) is 0 Å². The molecular weight excluding hydrogens is 307 g/mol. The molecule has 122 valence electrons. The van der Waals surface area contributed by atoms with Gasteiger partial charge in [-0.05, 0) is 53.8 Å². The number of hydrogen-bond donors (Lipinski definition) is 0. The van der Waals surface area contributed by atoms with E-state index in [2.05, 4.69) is 45.0 Å². The minimum Gasteiger partial charge on any atom is -0.293 e. The molecule has 2 rings (SSSR count). The van der Waals surface area contributed by atoms with Crippen LogP contribution in [0, 0.1) is 5.82 Å². The maximum atomic E-state index is 13.0. The number of ketones is 1. The summed E-state index contributed by atoms with van der Waals surface area (Å²) in [6.45, 7) is 8.55. The molecule has 0 bridgehead atoms. The first-order valence-electron chi connectivity index (χ1n) is 7.88. The van der Waals surface area contributed by atoms with Crippen LogP contribution in [0.3, 0.4) is 0 Å². The highest BCUT2D eigenvalue weighted by Crippen LogP contribution is 2.30. The van der Waals surface area contributed by atoms with Gasteiger partial charge in [-0.15, -0.1) is 11.8 Å². The molecule has 0 aromatic heterocycles. The van der Waals surface area contributed by atoms with E-state index in [4.69, 9.17) is 0 Å². The Bertz CT molecular complexity index is 654. The molecule has 0 spiro atoms. The molecule has 23 heavy (non-hydrogen) atoms. The number of hydrogen-bond acceptors (Lipinski definition) is 2. The van der Waals surface area contributed by atoms with Crippen molar-refractivity contribution in [1.82, 2.24) is 0 Å². The fourth-order valence-electron chi connectivity index (χ4n) is 2.32. The number of Topliss-reactive ketones (excluding diaryl/α,β-unsaturated/α-hetero) is 1. The molecule has 2 aromatic carbocycles. The van der Waals surface area contributed by atoms with Gasteiger partial charge in [-0.2, -0.15) is 0 Å². The molecule has 0 fully saturated rings. The Hall–Kier alpha value is -1.61. The summed E-state index contributed by atoms with van der Waals surface area (Å²) in [5.41, 5.74) is 1.97. The zero-order chi connectivity index (χ0) is 17.0. The van der Waals surface area contributed by atoms with Crippen LogP contribution in [0.25, 0.3) is 0 Å². The average Bonchev–Trinajstić information content (AvgIpc) is 2.52. The zero-order valence-electron chi connectivity index (χ0n) is 14.1. The van der Waals surface area contributed by atoms with Crippen molar-refractivity contribution in [1.29, 1.82) is 0 Å². The maximum Gasteiger partial charge on any atom is 0.176 e. The van der Waals surface area contributed by atoms with Crippen LogP contribution in [0.4, 0.5) is 4.39 Å². The number of benzene rings is 2. The molecule has 0 aliphatic heterocycles. The van der Waals surface area contributed by atoms with Gasteiger partial charge in [-0.1, -0.05) is 39.8 Å². The summed E-state index contributed by atoms with van der Waals surface area (Å²) in [6.07, 6.45) is 0.738. The monoisotopic (exact) mass is 330 g/mol. The summed E-state index contributed by atoms with van der Waals surface area (Å²) < 4.78 is 13.0. The lowest BCUT2D eigenvalue weighted by molar-refractivity contribution is 0.0988. The van der Waals surface area contributed by atoms with E-state index in [1.54, 1.807) is 23.9 Å². The third kappa shape index (κ3) is 4.68. The van der Waals surface area contributed by atoms with Gasteiger partial charge in [0, 0.05) is 10.5 Å². The van der Waals surface area contributed by atoms with Crippen LogP contribution in [0.2, 0.25) is 0 Å². The molecule has 1 nitrogen and oxygen atoms in total. The van der Waals surface area contributed by atoms with Crippen molar-refractivity contribution < 1.29 is 9.18 Å². The molecule has 1 atom stereocenters. The Balaban J connectivity index is 2.12. The van der Waals surface area contributed by atoms with E-state index < -0.39 is 0 Å². The lowest BCUT2D eigenvalue weighted by Crippen LogP contribution is -2.16. The third-order valence-electron chi connectivity index (χ3n) is 3.79. The van der Waals surface area contributed by atoms with Crippen LogP contribution in [-0.2, 0) is 5.41 Å². The van der Waals surface area contributed by atoms with Gasteiger partial charge in [-0.3, -0.25) is 4.79 Å². The second kappa shape index (κ2) is 7.31. The van der Waals surface area contributed by atoms with Crippen molar-refractivity contribution in [3.8, 4) is 0 Å². The molecule has 0 aliphatic carbocycles. The summed E-state index contributed by atoms with van der Waals surface area (Å²) >= 11 is 1.57. The molecule has 0 saturated heterocycles. The molecule has 0 N–H and O–H groups in total. The summed E-state index contributed by atoms with van der Waals surface area (Å²) in [5.74, 6) is -0.266. The van der Waals surface area contributed by atoms with E-state index >= 15 is 0 Å². The van der Waals surface area contributed by atoms with E-state index in [9.17, 15) is 9.18 Å². The fraction of sp³-hybridized carbons (Fsp3) is 0.350. The van der Waals surface area contributed by atoms with Crippen molar-refractivity contribution in [3.63, 3.8) is 0 Å². The Morgan fingerprint density at radius 1 is 1.04 bits per heavy atom. The largest absolute Gasteiger partial charge is 0.293 e. The number of halogens is 1. The van der Waals surface area contributed by atoms with Gasteiger partial charge in [0.1, 0.15) is 5.82 Å². The van der Waals surface area contributed by atoms with E-state index in [1.807, 2.05) is 6.92 Å². The summed E-state index contributed by atoms with van der Waals surface area (Å²) in [6, 6.07) is 14.2. The smallest absolute Gasteiger partial charge is 0.176 e. The van der Waals surface area contributed by atoms with Crippen molar-refractivity contribution in [2.24, 2.45) is 0 Å². The Labute approximate surface area is 142 Å². The molecule has 0 saturated carbocycles. The highest BCUT2D eigenvalue weighted by molar-refractivity contribution is 8.00. The van der Waals surface area contributed by atoms with Crippen molar-refractivity contribution in [2.75, 3.05) is 0 Å². The molecule has 0 heterocycles. The lowest BCUT2D eigenvalue weighted by Gasteiger charge is -2.20. The summed E-state index contributed by atoms with van der Waals surface area (Å²) in [7, 11) is 0. The van der Waals surface area contributed by atoms with Gasteiger partial charge < -0.3 is 0 Å². The number of carbonyl (C=O) groups is 1. The first-order chi connectivity index (χ1) is 10.8. The number of thioether (sulfide) groups is 1. The molecular formula is C20H23FOS. The molecule has 0 amide bonds. The van der Waals surface area contributed by atoms with Crippen LogP contribution >= 0.6 is 11.8 Å². The Morgan fingerprint density at radius 3 is 2.09 bits per heavy atom. The SMILES string of the molecule is CCC(Sc1ccc(C(C)(C)C)cc1)C(=O)c1ccc(F)cc1. The van der Waals surface area contributed by atoms with Gasteiger partial charge in [0.25, 0.3) is 0 Å². The molecule has 3 heteroatoms. The van der Waals surface area contributed by atoms with Crippen molar-refractivity contribution in [3.05, 3.63) is 65.5 Å². The quantitative estimate of drug-likeness (QED) is 0.503. The third-order valence-corrected chi connectivity index (χ3v) is 5.17. The second-order valence-corrected chi connectivity index (χ2v) is 7.94. The highest BCUT2D eigenvalue weighted by atomic mass is 32.2. The van der Waals surface area contributed by atoms with Crippen molar-refractivity contribution >= 4 is 17.5 Å². The average molecular weight is 330 g/mol.